The summed E-state index contributed by atoms with van der Waals surface area (Å²) in [6.07, 6.45) is 1.30. The molecule has 0 aliphatic carbocycles. The van der Waals surface area contributed by atoms with Gasteiger partial charge in [-0.3, -0.25) is 0 Å². The second-order valence-corrected chi connectivity index (χ2v) is 6.64. The number of aromatic nitrogens is 2. The fourth-order valence-corrected chi connectivity index (χ4v) is 3.39. The molecule has 3 aromatic rings. The minimum atomic E-state index is 0.272. The number of hydrogen-bond donors (Lipinski definition) is 0. The molecule has 0 radical (unpaired) electrons. The van der Waals surface area contributed by atoms with E-state index in [1.54, 1.807) is 7.11 Å². The Morgan fingerprint density at radius 2 is 1.96 bits per heavy atom. The van der Waals surface area contributed by atoms with Crippen LogP contribution in [0, 0.1) is 6.92 Å². The maximum absolute atomic E-state index is 5.95. The average Bonchev–Trinajstić information content (AvgIpc) is 3.15. The van der Waals surface area contributed by atoms with Gasteiger partial charge in [-0.15, -0.1) is 0 Å². The quantitative estimate of drug-likeness (QED) is 0.702. The fraction of sp³-hybridized carbons (Fsp3) is 0.333. The third-order valence-electron chi connectivity index (χ3n) is 4.79. The average molecular weight is 349 g/mol. The van der Waals surface area contributed by atoms with Gasteiger partial charge in [0.05, 0.1) is 11.6 Å². The summed E-state index contributed by atoms with van der Waals surface area (Å²) in [6.45, 7) is 4.31. The summed E-state index contributed by atoms with van der Waals surface area (Å²) in [4.78, 5) is 11.6. The van der Waals surface area contributed by atoms with E-state index in [4.69, 9.17) is 14.5 Å². The molecule has 2 aromatic carbocycles. The molecule has 5 nitrogen and oxygen atoms in total. The van der Waals surface area contributed by atoms with Crippen LogP contribution in [0.3, 0.4) is 0 Å². The van der Waals surface area contributed by atoms with Crippen molar-refractivity contribution in [2.75, 3.05) is 25.1 Å². The Morgan fingerprint density at radius 3 is 2.73 bits per heavy atom. The maximum Gasteiger partial charge on any atom is 0.140 e. The van der Waals surface area contributed by atoms with Gasteiger partial charge in [0.2, 0.25) is 0 Å². The molecule has 1 aliphatic heterocycles. The van der Waals surface area contributed by atoms with E-state index < -0.39 is 0 Å². The molecule has 134 valence electrons. The van der Waals surface area contributed by atoms with Crippen LogP contribution >= 0.6 is 0 Å². The first-order chi connectivity index (χ1) is 12.7. The van der Waals surface area contributed by atoms with Crippen LogP contribution in [0.1, 0.15) is 17.8 Å². The van der Waals surface area contributed by atoms with Crippen molar-refractivity contribution in [2.24, 2.45) is 0 Å². The van der Waals surface area contributed by atoms with Crippen molar-refractivity contribution in [1.29, 1.82) is 0 Å². The van der Waals surface area contributed by atoms with Gasteiger partial charge in [0.1, 0.15) is 24.0 Å². The van der Waals surface area contributed by atoms with Gasteiger partial charge in [-0.2, -0.15) is 0 Å². The molecule has 0 amide bonds. The molecule has 1 aromatic heterocycles. The number of rotatable bonds is 5. The minimum Gasteiger partial charge on any atom is -0.489 e. The first kappa shape index (κ1) is 16.8. The lowest BCUT2D eigenvalue weighted by Gasteiger charge is -2.19. The highest BCUT2D eigenvalue weighted by Crippen LogP contribution is 2.30. The van der Waals surface area contributed by atoms with Gasteiger partial charge in [0.25, 0.3) is 0 Å². The largest absolute Gasteiger partial charge is 0.489 e. The highest BCUT2D eigenvalue weighted by atomic mass is 16.5. The standard InChI is InChI=1S/C21H23N3O2/c1-15-22-20-12-17(26-14-16-6-4-3-5-7-16)8-9-19(20)21(23-15)24-11-10-18(13-24)25-2/h3-9,12,18H,10-11,13-14H2,1-2H3/t18-/m0/s1. The van der Waals surface area contributed by atoms with Crippen LogP contribution in [0.5, 0.6) is 5.75 Å². The summed E-state index contributed by atoms with van der Waals surface area (Å²) < 4.78 is 11.4. The Bertz CT molecular complexity index is 898. The third kappa shape index (κ3) is 3.48. The van der Waals surface area contributed by atoms with Gasteiger partial charge in [-0.1, -0.05) is 30.3 Å². The van der Waals surface area contributed by atoms with Gasteiger partial charge in [0, 0.05) is 31.7 Å². The number of aryl methyl sites for hydroxylation is 1. The Morgan fingerprint density at radius 1 is 1.12 bits per heavy atom. The zero-order chi connectivity index (χ0) is 17.9. The van der Waals surface area contributed by atoms with E-state index in [-0.39, 0.29) is 6.10 Å². The van der Waals surface area contributed by atoms with Crippen molar-refractivity contribution in [3.63, 3.8) is 0 Å². The summed E-state index contributed by atoms with van der Waals surface area (Å²) in [5, 5.41) is 1.06. The number of fused-ring (bicyclic) bond motifs is 1. The Kier molecular flexibility index (Phi) is 4.71. The molecule has 0 bridgehead atoms. The van der Waals surface area contributed by atoms with E-state index in [0.29, 0.717) is 6.61 Å². The monoisotopic (exact) mass is 349 g/mol. The van der Waals surface area contributed by atoms with Crippen molar-refractivity contribution in [3.8, 4) is 5.75 Å². The normalized spacial score (nSPS) is 17.0. The van der Waals surface area contributed by atoms with E-state index in [2.05, 4.69) is 28.1 Å². The lowest BCUT2D eigenvalue weighted by atomic mass is 10.2. The maximum atomic E-state index is 5.95. The van der Waals surface area contributed by atoms with Gasteiger partial charge >= 0.3 is 0 Å². The molecule has 5 heteroatoms. The van der Waals surface area contributed by atoms with Gasteiger partial charge in [0.15, 0.2) is 0 Å². The van der Waals surface area contributed by atoms with E-state index in [9.17, 15) is 0 Å². The molecule has 1 aliphatic rings. The SMILES string of the molecule is CO[C@H]1CCN(c2nc(C)nc3cc(OCc4ccccc4)ccc23)C1. The molecule has 1 atom stereocenters. The molecule has 1 fully saturated rings. The molecule has 4 rings (SSSR count). The Labute approximate surface area is 153 Å². The first-order valence-electron chi connectivity index (χ1n) is 8.96. The van der Waals surface area contributed by atoms with Crippen molar-refractivity contribution >= 4 is 16.7 Å². The third-order valence-corrected chi connectivity index (χ3v) is 4.79. The molecule has 0 unspecified atom stereocenters. The predicted molar refractivity (Wildman–Crippen MR) is 103 cm³/mol. The fourth-order valence-electron chi connectivity index (χ4n) is 3.39. The summed E-state index contributed by atoms with van der Waals surface area (Å²) in [7, 11) is 1.77. The van der Waals surface area contributed by atoms with Crippen molar-refractivity contribution < 1.29 is 9.47 Å². The topological polar surface area (TPSA) is 47.5 Å². The lowest BCUT2D eigenvalue weighted by Crippen LogP contribution is -2.23. The van der Waals surface area contributed by atoms with Crippen molar-refractivity contribution in [3.05, 3.63) is 59.9 Å². The smallest absolute Gasteiger partial charge is 0.140 e. The molecule has 26 heavy (non-hydrogen) atoms. The van der Waals surface area contributed by atoms with E-state index in [0.717, 1.165) is 53.4 Å². The molecule has 0 N–H and O–H groups in total. The van der Waals surface area contributed by atoms with Crippen LogP contribution in [0.15, 0.2) is 48.5 Å². The second-order valence-electron chi connectivity index (χ2n) is 6.64. The lowest BCUT2D eigenvalue weighted by molar-refractivity contribution is 0.121. The minimum absolute atomic E-state index is 0.272. The van der Waals surface area contributed by atoms with E-state index in [1.807, 2.05) is 37.3 Å². The summed E-state index contributed by atoms with van der Waals surface area (Å²) in [5.74, 6) is 2.58. The molecular formula is C21H23N3O2. The van der Waals surface area contributed by atoms with Crippen molar-refractivity contribution in [2.45, 2.75) is 26.1 Å². The second kappa shape index (κ2) is 7.30. The van der Waals surface area contributed by atoms with E-state index >= 15 is 0 Å². The number of ether oxygens (including phenoxy) is 2. The molecule has 0 spiro atoms. The van der Waals surface area contributed by atoms with Crippen LogP contribution in [0.2, 0.25) is 0 Å². The predicted octanol–water partition coefficient (Wildman–Crippen LogP) is 3.74. The van der Waals surface area contributed by atoms with Crippen molar-refractivity contribution in [1.82, 2.24) is 9.97 Å². The Hall–Kier alpha value is -2.66. The zero-order valence-electron chi connectivity index (χ0n) is 15.2. The number of benzene rings is 2. The molecule has 1 saturated heterocycles. The van der Waals surface area contributed by atoms with Crippen LogP contribution in [-0.2, 0) is 11.3 Å². The van der Waals surface area contributed by atoms with Gasteiger partial charge in [-0.05, 0) is 31.0 Å². The van der Waals surface area contributed by atoms with Crippen LogP contribution in [0.4, 0.5) is 5.82 Å². The van der Waals surface area contributed by atoms with Crippen LogP contribution < -0.4 is 9.64 Å². The summed E-state index contributed by atoms with van der Waals surface area (Å²) in [6, 6.07) is 16.2. The number of nitrogens with zero attached hydrogens (tertiary/aromatic N) is 3. The summed E-state index contributed by atoms with van der Waals surface area (Å²) in [5.41, 5.74) is 2.06. The van der Waals surface area contributed by atoms with Gasteiger partial charge in [-0.25, -0.2) is 9.97 Å². The number of methoxy groups -OCH3 is 1. The van der Waals surface area contributed by atoms with Crippen LogP contribution in [-0.4, -0.2) is 36.3 Å². The molecule has 0 saturated carbocycles. The number of hydrogen-bond acceptors (Lipinski definition) is 5. The van der Waals surface area contributed by atoms with Crippen LogP contribution in [0.25, 0.3) is 10.9 Å². The zero-order valence-corrected chi connectivity index (χ0v) is 15.2. The highest BCUT2D eigenvalue weighted by molar-refractivity contribution is 5.90. The number of anilines is 1. The molecular weight excluding hydrogens is 326 g/mol. The highest BCUT2D eigenvalue weighted by Gasteiger charge is 2.25. The first-order valence-corrected chi connectivity index (χ1v) is 8.96. The summed E-state index contributed by atoms with van der Waals surface area (Å²) >= 11 is 0. The van der Waals surface area contributed by atoms with Gasteiger partial charge < -0.3 is 14.4 Å². The Balaban J connectivity index is 1.60. The molecule has 2 heterocycles. The van der Waals surface area contributed by atoms with E-state index in [1.165, 1.54) is 0 Å².